The summed E-state index contributed by atoms with van der Waals surface area (Å²) < 4.78 is 11.1. The van der Waals surface area contributed by atoms with Gasteiger partial charge in [0.15, 0.2) is 0 Å². The molecule has 0 aromatic heterocycles. The number of anilines is 1. The van der Waals surface area contributed by atoms with Crippen molar-refractivity contribution in [1.82, 2.24) is 0 Å². The first kappa shape index (κ1) is 15.1. The third-order valence-electron chi connectivity index (χ3n) is 4.38. The molecule has 2 rings (SSSR count). The Morgan fingerprint density at radius 2 is 2.05 bits per heavy atom. The molecule has 1 heterocycles. The molecule has 1 aromatic rings. The van der Waals surface area contributed by atoms with Crippen LogP contribution >= 0.6 is 0 Å². The van der Waals surface area contributed by atoms with Crippen molar-refractivity contribution in [1.29, 1.82) is 0 Å². The van der Waals surface area contributed by atoms with Gasteiger partial charge in [-0.25, -0.2) is 0 Å². The van der Waals surface area contributed by atoms with Gasteiger partial charge in [-0.1, -0.05) is 6.92 Å². The molecule has 0 bridgehead atoms. The van der Waals surface area contributed by atoms with Gasteiger partial charge in [0, 0.05) is 25.3 Å². The minimum absolute atomic E-state index is 0.0857. The van der Waals surface area contributed by atoms with Crippen LogP contribution in [0.1, 0.15) is 33.1 Å². The number of nitrogens with two attached hydrogens (primary N) is 1. The van der Waals surface area contributed by atoms with E-state index in [0.29, 0.717) is 6.54 Å². The van der Waals surface area contributed by atoms with E-state index in [2.05, 4.69) is 19.2 Å². The number of ether oxygens (including phenoxy) is 2. The lowest BCUT2D eigenvalue weighted by molar-refractivity contribution is -0.0882. The Balaban J connectivity index is 2.14. The highest BCUT2D eigenvalue weighted by molar-refractivity contribution is 5.48. The van der Waals surface area contributed by atoms with Crippen LogP contribution in [0.2, 0.25) is 0 Å². The molecule has 0 aliphatic carbocycles. The zero-order valence-corrected chi connectivity index (χ0v) is 12.7. The van der Waals surface area contributed by atoms with E-state index >= 15 is 0 Å². The predicted octanol–water partition coefficient (Wildman–Crippen LogP) is 2.78. The van der Waals surface area contributed by atoms with Crippen molar-refractivity contribution in [3.63, 3.8) is 0 Å². The van der Waals surface area contributed by atoms with Gasteiger partial charge in [0.1, 0.15) is 5.75 Å². The Morgan fingerprint density at radius 3 is 2.60 bits per heavy atom. The Bertz CT molecular complexity index is 435. The van der Waals surface area contributed by atoms with Gasteiger partial charge in [0.2, 0.25) is 0 Å². The number of rotatable bonds is 5. The second kappa shape index (κ2) is 6.02. The topological polar surface area (TPSA) is 56.5 Å². The Labute approximate surface area is 121 Å². The fourth-order valence-corrected chi connectivity index (χ4v) is 2.89. The maximum Gasteiger partial charge on any atom is 0.119 e. The lowest BCUT2D eigenvalue weighted by Gasteiger charge is -2.46. The van der Waals surface area contributed by atoms with Crippen LogP contribution in [0.5, 0.6) is 5.75 Å². The molecular weight excluding hydrogens is 252 g/mol. The lowest BCUT2D eigenvalue weighted by Crippen LogP contribution is -2.55. The molecule has 20 heavy (non-hydrogen) atoms. The molecule has 2 unspecified atom stereocenters. The van der Waals surface area contributed by atoms with Crippen molar-refractivity contribution in [3.8, 4) is 5.75 Å². The van der Waals surface area contributed by atoms with Gasteiger partial charge in [-0.3, -0.25) is 0 Å². The summed E-state index contributed by atoms with van der Waals surface area (Å²) in [7, 11) is 1.68. The fourth-order valence-electron chi connectivity index (χ4n) is 2.89. The molecule has 1 aliphatic heterocycles. The van der Waals surface area contributed by atoms with Gasteiger partial charge < -0.3 is 20.5 Å². The smallest absolute Gasteiger partial charge is 0.119 e. The first-order valence-corrected chi connectivity index (χ1v) is 7.31. The summed E-state index contributed by atoms with van der Waals surface area (Å²) in [6.07, 6.45) is 2.86. The van der Waals surface area contributed by atoms with Crippen molar-refractivity contribution in [3.05, 3.63) is 24.3 Å². The number of methoxy groups -OCH3 is 1. The lowest BCUT2D eigenvalue weighted by atomic mass is 9.79. The molecule has 1 fully saturated rings. The van der Waals surface area contributed by atoms with Crippen LogP contribution in [0.4, 0.5) is 5.69 Å². The van der Waals surface area contributed by atoms with E-state index in [1.807, 2.05) is 24.3 Å². The fraction of sp³-hybridized carbons (Fsp3) is 0.625. The van der Waals surface area contributed by atoms with E-state index in [9.17, 15) is 0 Å². The van der Waals surface area contributed by atoms with E-state index in [-0.39, 0.29) is 11.1 Å². The third-order valence-corrected chi connectivity index (χ3v) is 4.38. The van der Waals surface area contributed by atoms with E-state index in [0.717, 1.165) is 37.3 Å². The normalized spacial score (nSPS) is 30.0. The second-order valence-electron chi connectivity index (χ2n) is 5.92. The highest BCUT2D eigenvalue weighted by Crippen LogP contribution is 2.36. The van der Waals surface area contributed by atoms with E-state index in [1.165, 1.54) is 0 Å². The summed E-state index contributed by atoms with van der Waals surface area (Å²) in [6.45, 7) is 5.70. The third kappa shape index (κ3) is 3.25. The van der Waals surface area contributed by atoms with Crippen LogP contribution in [-0.4, -0.2) is 31.4 Å². The molecule has 0 spiro atoms. The maximum absolute atomic E-state index is 6.08. The van der Waals surface area contributed by atoms with Gasteiger partial charge in [-0.2, -0.15) is 0 Å². The molecule has 0 saturated carbocycles. The molecular formula is C16H26N2O2. The summed E-state index contributed by atoms with van der Waals surface area (Å²) in [5.41, 5.74) is 6.98. The molecule has 1 saturated heterocycles. The van der Waals surface area contributed by atoms with Crippen molar-refractivity contribution in [2.24, 2.45) is 5.73 Å². The minimum Gasteiger partial charge on any atom is -0.497 e. The van der Waals surface area contributed by atoms with Crippen molar-refractivity contribution in [2.45, 2.75) is 44.2 Å². The van der Waals surface area contributed by atoms with Gasteiger partial charge in [-0.15, -0.1) is 0 Å². The molecule has 1 aromatic carbocycles. The average molecular weight is 278 g/mol. The molecule has 4 nitrogen and oxygen atoms in total. The zero-order chi connectivity index (χ0) is 14.6. The standard InChI is InChI=1S/C16H26N2O2/c1-4-15(2)11-16(12-17,9-10-20-15)18-13-5-7-14(19-3)8-6-13/h5-8,18H,4,9-12,17H2,1-3H3. The SMILES string of the molecule is CCC1(C)CC(CN)(Nc2ccc(OC)cc2)CCO1. The highest BCUT2D eigenvalue weighted by Gasteiger charge is 2.41. The number of hydrogen-bond acceptors (Lipinski definition) is 4. The minimum atomic E-state index is -0.0862. The van der Waals surface area contributed by atoms with Gasteiger partial charge in [0.25, 0.3) is 0 Å². The van der Waals surface area contributed by atoms with Crippen molar-refractivity contribution in [2.75, 3.05) is 25.6 Å². The van der Waals surface area contributed by atoms with Crippen LogP contribution in [0.15, 0.2) is 24.3 Å². The molecule has 4 heteroatoms. The molecule has 2 atom stereocenters. The van der Waals surface area contributed by atoms with Gasteiger partial charge in [0.05, 0.1) is 18.2 Å². The zero-order valence-electron chi connectivity index (χ0n) is 12.7. The number of benzene rings is 1. The Hall–Kier alpha value is -1.26. The predicted molar refractivity (Wildman–Crippen MR) is 82.3 cm³/mol. The van der Waals surface area contributed by atoms with Crippen molar-refractivity contribution >= 4 is 5.69 Å². The van der Waals surface area contributed by atoms with E-state index < -0.39 is 0 Å². The summed E-state index contributed by atoms with van der Waals surface area (Å²) in [5.74, 6) is 0.864. The molecule has 0 radical (unpaired) electrons. The monoisotopic (exact) mass is 278 g/mol. The number of nitrogens with one attached hydrogen (secondary N) is 1. The first-order valence-electron chi connectivity index (χ1n) is 7.31. The van der Waals surface area contributed by atoms with Gasteiger partial charge in [-0.05, 0) is 44.0 Å². The quantitative estimate of drug-likeness (QED) is 0.869. The second-order valence-corrected chi connectivity index (χ2v) is 5.92. The summed E-state index contributed by atoms with van der Waals surface area (Å²) in [4.78, 5) is 0. The van der Waals surface area contributed by atoms with Crippen LogP contribution in [-0.2, 0) is 4.74 Å². The highest BCUT2D eigenvalue weighted by atomic mass is 16.5. The molecule has 1 aliphatic rings. The summed E-state index contributed by atoms with van der Waals surface area (Å²) in [5, 5.41) is 3.62. The van der Waals surface area contributed by atoms with Crippen LogP contribution < -0.4 is 15.8 Å². The Morgan fingerprint density at radius 1 is 1.35 bits per heavy atom. The molecule has 3 N–H and O–H groups in total. The molecule has 0 amide bonds. The van der Waals surface area contributed by atoms with E-state index in [4.69, 9.17) is 15.2 Å². The van der Waals surface area contributed by atoms with E-state index in [1.54, 1.807) is 7.11 Å². The molecule has 112 valence electrons. The van der Waals surface area contributed by atoms with Crippen LogP contribution in [0.25, 0.3) is 0 Å². The number of hydrogen-bond donors (Lipinski definition) is 2. The summed E-state index contributed by atoms with van der Waals surface area (Å²) in [6, 6.07) is 8.00. The largest absolute Gasteiger partial charge is 0.497 e. The van der Waals surface area contributed by atoms with Crippen LogP contribution in [0, 0.1) is 0 Å². The van der Waals surface area contributed by atoms with Crippen molar-refractivity contribution < 1.29 is 9.47 Å². The van der Waals surface area contributed by atoms with Gasteiger partial charge >= 0.3 is 0 Å². The Kier molecular flexibility index (Phi) is 4.55. The average Bonchev–Trinajstić information content (AvgIpc) is 2.48. The maximum atomic E-state index is 6.08. The first-order chi connectivity index (χ1) is 9.55. The van der Waals surface area contributed by atoms with Crippen LogP contribution in [0.3, 0.4) is 0 Å². The summed E-state index contributed by atoms with van der Waals surface area (Å²) >= 11 is 0.